The van der Waals surface area contributed by atoms with Gasteiger partial charge in [-0.05, 0) is 25.5 Å². The van der Waals surface area contributed by atoms with Crippen LogP contribution in [0.15, 0.2) is 18.2 Å². The van der Waals surface area contributed by atoms with Crippen LogP contribution in [0.5, 0.6) is 0 Å². The maximum atomic E-state index is 10.9. The highest BCUT2D eigenvalue weighted by molar-refractivity contribution is 5.92. The number of nitrogens with one attached hydrogen (secondary N) is 1. The van der Waals surface area contributed by atoms with Gasteiger partial charge in [-0.2, -0.15) is 10.3 Å². The molecule has 2 aromatic rings. The van der Waals surface area contributed by atoms with E-state index in [-0.39, 0.29) is 5.69 Å². The predicted molar refractivity (Wildman–Crippen MR) is 58.3 cm³/mol. The summed E-state index contributed by atoms with van der Waals surface area (Å²) in [5, 5.41) is 18.8. The fourth-order valence-corrected chi connectivity index (χ4v) is 1.56. The maximum absolute atomic E-state index is 10.9. The Morgan fingerprint density at radius 2 is 2.06 bits per heavy atom. The molecule has 0 aliphatic heterocycles. The molecule has 1 aromatic heterocycles. The third-order valence-electron chi connectivity index (χ3n) is 2.40. The molecule has 2 rings (SSSR count). The van der Waals surface area contributed by atoms with E-state index in [2.05, 4.69) is 15.4 Å². The second kappa shape index (κ2) is 3.77. The summed E-state index contributed by atoms with van der Waals surface area (Å²) in [7, 11) is 0. The number of rotatable bonds is 2. The van der Waals surface area contributed by atoms with Crippen molar-refractivity contribution >= 4 is 5.97 Å². The Morgan fingerprint density at radius 3 is 2.75 bits per heavy atom. The number of carbonyl (C=O) groups is 1. The summed E-state index contributed by atoms with van der Waals surface area (Å²) in [5.74, 6) is -1.08. The molecule has 0 saturated heterocycles. The van der Waals surface area contributed by atoms with Gasteiger partial charge in [0.2, 0.25) is 0 Å². The highest BCUT2D eigenvalue weighted by Crippen LogP contribution is 2.24. The van der Waals surface area contributed by atoms with Crippen molar-refractivity contribution in [3.8, 4) is 11.3 Å². The molecule has 82 valence electrons. The lowest BCUT2D eigenvalue weighted by Crippen LogP contribution is -2.00. The zero-order chi connectivity index (χ0) is 11.7. The van der Waals surface area contributed by atoms with E-state index in [9.17, 15) is 4.79 Å². The van der Waals surface area contributed by atoms with Crippen molar-refractivity contribution in [2.24, 2.45) is 0 Å². The monoisotopic (exact) mass is 217 g/mol. The lowest BCUT2D eigenvalue weighted by molar-refractivity contribution is 0.0691. The number of hydrogen-bond donors (Lipinski definition) is 2. The molecule has 5 heteroatoms. The van der Waals surface area contributed by atoms with Gasteiger partial charge in [0.05, 0.1) is 0 Å². The zero-order valence-corrected chi connectivity index (χ0v) is 8.98. The third-order valence-corrected chi connectivity index (χ3v) is 2.40. The van der Waals surface area contributed by atoms with E-state index in [1.165, 1.54) is 0 Å². The molecule has 0 atom stereocenters. The number of H-pyrrole nitrogens is 1. The Balaban J connectivity index is 2.62. The van der Waals surface area contributed by atoms with Crippen molar-refractivity contribution in [2.45, 2.75) is 13.8 Å². The minimum atomic E-state index is -1.08. The second-order valence-corrected chi connectivity index (χ2v) is 3.64. The summed E-state index contributed by atoms with van der Waals surface area (Å²) in [4.78, 5) is 10.9. The van der Waals surface area contributed by atoms with Crippen LogP contribution in [0.2, 0.25) is 0 Å². The van der Waals surface area contributed by atoms with Gasteiger partial charge in [-0.1, -0.05) is 17.7 Å². The van der Waals surface area contributed by atoms with Crippen LogP contribution in [-0.4, -0.2) is 26.5 Å². The fraction of sp³-hybridized carbons (Fsp3) is 0.182. The predicted octanol–water partition coefficient (Wildman–Crippen LogP) is 1.79. The van der Waals surface area contributed by atoms with Gasteiger partial charge in [-0.25, -0.2) is 4.79 Å². The molecule has 0 fully saturated rings. The summed E-state index contributed by atoms with van der Waals surface area (Å²) >= 11 is 0. The Morgan fingerprint density at radius 1 is 1.31 bits per heavy atom. The van der Waals surface area contributed by atoms with Crippen LogP contribution in [0.25, 0.3) is 11.3 Å². The van der Waals surface area contributed by atoms with E-state index >= 15 is 0 Å². The number of benzene rings is 1. The number of carboxylic acids is 1. The van der Waals surface area contributed by atoms with Gasteiger partial charge in [0.15, 0.2) is 5.69 Å². The average molecular weight is 217 g/mol. The molecule has 0 aliphatic carbocycles. The smallest absolute Gasteiger partial charge is 0.358 e. The van der Waals surface area contributed by atoms with E-state index in [4.69, 9.17) is 5.11 Å². The average Bonchev–Trinajstić information content (AvgIpc) is 2.70. The number of carboxylic acid groups (broad SMARTS) is 1. The van der Waals surface area contributed by atoms with Gasteiger partial charge in [0, 0.05) is 5.56 Å². The van der Waals surface area contributed by atoms with Crippen LogP contribution < -0.4 is 0 Å². The van der Waals surface area contributed by atoms with Gasteiger partial charge in [0.1, 0.15) is 5.69 Å². The van der Waals surface area contributed by atoms with Crippen LogP contribution >= 0.6 is 0 Å². The molecule has 0 amide bonds. The van der Waals surface area contributed by atoms with Gasteiger partial charge in [0.25, 0.3) is 0 Å². The van der Waals surface area contributed by atoms with Gasteiger partial charge in [-0.3, -0.25) is 0 Å². The largest absolute Gasteiger partial charge is 0.476 e. The molecule has 2 N–H and O–H groups in total. The number of nitrogens with zero attached hydrogens (tertiary/aromatic N) is 2. The summed E-state index contributed by atoms with van der Waals surface area (Å²) < 4.78 is 0. The van der Waals surface area contributed by atoms with Crippen molar-refractivity contribution in [2.75, 3.05) is 0 Å². The Bertz CT molecular complexity index is 546. The van der Waals surface area contributed by atoms with Crippen LogP contribution in [0.3, 0.4) is 0 Å². The van der Waals surface area contributed by atoms with Crippen molar-refractivity contribution in [3.63, 3.8) is 0 Å². The summed E-state index contributed by atoms with van der Waals surface area (Å²) in [6.07, 6.45) is 0. The maximum Gasteiger partial charge on any atom is 0.358 e. The quantitative estimate of drug-likeness (QED) is 0.803. The molecule has 0 radical (unpaired) electrons. The summed E-state index contributed by atoms with van der Waals surface area (Å²) in [6.45, 7) is 3.86. The first-order valence-electron chi connectivity index (χ1n) is 4.81. The van der Waals surface area contributed by atoms with Crippen molar-refractivity contribution in [1.29, 1.82) is 0 Å². The number of aromatic nitrogens is 3. The minimum absolute atomic E-state index is 0.0475. The first-order valence-corrected chi connectivity index (χ1v) is 4.81. The van der Waals surface area contributed by atoms with Gasteiger partial charge in [-0.15, -0.1) is 5.10 Å². The molecule has 0 aliphatic rings. The topological polar surface area (TPSA) is 78.9 Å². The molecular formula is C11H11N3O2. The SMILES string of the molecule is Cc1ccc(C)c(-c2n[nH]nc2C(=O)O)c1. The molecule has 0 unspecified atom stereocenters. The van der Waals surface area contributed by atoms with E-state index in [0.29, 0.717) is 5.69 Å². The normalized spacial score (nSPS) is 10.4. The number of aromatic amines is 1. The van der Waals surface area contributed by atoms with Crippen molar-refractivity contribution in [3.05, 3.63) is 35.0 Å². The van der Waals surface area contributed by atoms with E-state index in [0.717, 1.165) is 16.7 Å². The molecular weight excluding hydrogens is 206 g/mol. The number of hydrogen-bond acceptors (Lipinski definition) is 3. The van der Waals surface area contributed by atoms with E-state index in [1.54, 1.807) is 0 Å². The highest BCUT2D eigenvalue weighted by atomic mass is 16.4. The third kappa shape index (κ3) is 1.67. The summed E-state index contributed by atoms with van der Waals surface area (Å²) in [6, 6.07) is 5.81. The van der Waals surface area contributed by atoms with E-state index in [1.807, 2.05) is 32.0 Å². The fourth-order valence-electron chi connectivity index (χ4n) is 1.56. The lowest BCUT2D eigenvalue weighted by atomic mass is 10.0. The van der Waals surface area contributed by atoms with Crippen LogP contribution in [0.1, 0.15) is 21.6 Å². The standard InChI is InChI=1S/C11H11N3O2/c1-6-3-4-7(2)8(5-6)9-10(11(15)16)13-14-12-9/h3-5H,1-2H3,(H,15,16)(H,12,13,14). The van der Waals surface area contributed by atoms with Crippen molar-refractivity contribution in [1.82, 2.24) is 15.4 Å². The molecule has 0 saturated carbocycles. The Hall–Kier alpha value is -2.17. The second-order valence-electron chi connectivity index (χ2n) is 3.64. The van der Waals surface area contributed by atoms with Crippen LogP contribution in [0, 0.1) is 13.8 Å². The minimum Gasteiger partial charge on any atom is -0.476 e. The van der Waals surface area contributed by atoms with Crippen LogP contribution in [0.4, 0.5) is 0 Å². The molecule has 16 heavy (non-hydrogen) atoms. The number of aryl methyl sites for hydroxylation is 2. The molecule has 0 bridgehead atoms. The molecule has 1 heterocycles. The summed E-state index contributed by atoms with van der Waals surface area (Å²) in [5.41, 5.74) is 3.16. The zero-order valence-electron chi connectivity index (χ0n) is 8.98. The highest BCUT2D eigenvalue weighted by Gasteiger charge is 2.18. The van der Waals surface area contributed by atoms with Gasteiger partial charge < -0.3 is 5.11 Å². The number of aromatic carboxylic acids is 1. The Labute approximate surface area is 92.1 Å². The first kappa shape index (κ1) is 10.4. The van der Waals surface area contributed by atoms with E-state index < -0.39 is 5.97 Å². The van der Waals surface area contributed by atoms with Gasteiger partial charge >= 0.3 is 5.97 Å². The molecule has 5 nitrogen and oxygen atoms in total. The molecule has 0 spiro atoms. The van der Waals surface area contributed by atoms with Crippen molar-refractivity contribution < 1.29 is 9.90 Å². The molecule has 1 aromatic carbocycles. The van der Waals surface area contributed by atoms with Crippen LogP contribution in [-0.2, 0) is 0 Å². The Kier molecular flexibility index (Phi) is 2.44. The first-order chi connectivity index (χ1) is 7.59. The lowest BCUT2D eigenvalue weighted by Gasteiger charge is -2.04.